The van der Waals surface area contributed by atoms with Crippen LogP contribution in [0.1, 0.15) is 32.8 Å². The normalized spacial score (nSPS) is 11.8. The zero-order valence-corrected chi connectivity index (χ0v) is 18.4. The van der Waals surface area contributed by atoms with Crippen molar-refractivity contribution in [3.05, 3.63) is 60.2 Å². The second-order valence-corrected chi connectivity index (χ2v) is 8.29. The van der Waals surface area contributed by atoms with Gasteiger partial charge in [0.05, 0.1) is 7.11 Å². The molecular formula is C23H30N2O3S. The molecule has 2 amide bonds. The third-order valence-corrected chi connectivity index (χ3v) is 5.45. The lowest BCUT2D eigenvalue weighted by atomic mass is 10.1. The molecule has 2 aromatic carbocycles. The number of hydrogen-bond acceptors (Lipinski definition) is 4. The molecule has 2 rings (SSSR count). The van der Waals surface area contributed by atoms with Crippen LogP contribution in [0.5, 0.6) is 5.75 Å². The Kier molecular flexibility index (Phi) is 9.06. The largest absolute Gasteiger partial charge is 0.497 e. The van der Waals surface area contributed by atoms with Gasteiger partial charge in [-0.25, -0.2) is 0 Å². The smallest absolute Gasteiger partial charge is 0.242 e. The van der Waals surface area contributed by atoms with Gasteiger partial charge in [-0.15, -0.1) is 11.8 Å². The van der Waals surface area contributed by atoms with Crippen molar-refractivity contribution in [2.45, 2.75) is 50.7 Å². The number of ether oxygens (including phenoxy) is 1. The molecule has 0 aliphatic carbocycles. The minimum atomic E-state index is -0.547. The van der Waals surface area contributed by atoms with Crippen molar-refractivity contribution in [3.8, 4) is 5.75 Å². The van der Waals surface area contributed by atoms with Gasteiger partial charge in [-0.05, 0) is 50.6 Å². The molecule has 0 saturated carbocycles. The highest BCUT2D eigenvalue weighted by Crippen LogP contribution is 2.20. The molecular weight excluding hydrogens is 384 g/mol. The van der Waals surface area contributed by atoms with Crippen LogP contribution in [0.4, 0.5) is 0 Å². The number of rotatable bonds is 10. The molecule has 5 nitrogen and oxygen atoms in total. The first-order valence-corrected chi connectivity index (χ1v) is 10.8. The number of hydrogen-bond donors (Lipinski definition) is 1. The molecule has 0 aliphatic rings. The van der Waals surface area contributed by atoms with Crippen LogP contribution in [0.25, 0.3) is 0 Å². The Hall–Kier alpha value is -2.47. The van der Waals surface area contributed by atoms with Crippen molar-refractivity contribution in [3.63, 3.8) is 0 Å². The molecule has 1 atom stereocenters. The van der Waals surface area contributed by atoms with Gasteiger partial charge in [0.15, 0.2) is 0 Å². The van der Waals surface area contributed by atoms with Crippen LogP contribution >= 0.6 is 11.8 Å². The summed E-state index contributed by atoms with van der Waals surface area (Å²) < 4.78 is 5.20. The Labute approximate surface area is 177 Å². The van der Waals surface area contributed by atoms with Gasteiger partial charge in [0.2, 0.25) is 11.8 Å². The fraction of sp³-hybridized carbons (Fsp3) is 0.391. The van der Waals surface area contributed by atoms with Gasteiger partial charge in [-0.1, -0.05) is 30.3 Å². The molecule has 0 bridgehead atoms. The summed E-state index contributed by atoms with van der Waals surface area (Å²) in [7, 11) is 1.62. The second kappa shape index (κ2) is 11.5. The van der Waals surface area contributed by atoms with E-state index in [9.17, 15) is 9.59 Å². The van der Waals surface area contributed by atoms with Gasteiger partial charge in [0, 0.05) is 29.7 Å². The predicted octanol–water partition coefficient (Wildman–Crippen LogP) is 4.12. The van der Waals surface area contributed by atoms with Crippen LogP contribution in [0, 0.1) is 0 Å². The number of benzene rings is 2. The van der Waals surface area contributed by atoms with Crippen LogP contribution in [0.15, 0.2) is 59.5 Å². The van der Waals surface area contributed by atoms with E-state index in [1.807, 2.05) is 68.4 Å². The summed E-state index contributed by atoms with van der Waals surface area (Å²) in [6, 6.07) is 17.1. The van der Waals surface area contributed by atoms with Crippen molar-refractivity contribution in [1.29, 1.82) is 0 Å². The van der Waals surface area contributed by atoms with Gasteiger partial charge in [-0.3, -0.25) is 9.59 Å². The molecule has 156 valence electrons. The Morgan fingerprint density at radius 2 is 1.69 bits per heavy atom. The number of thioether (sulfide) groups is 1. The highest BCUT2D eigenvalue weighted by atomic mass is 32.2. The molecule has 2 aromatic rings. The number of carbonyl (C=O) groups excluding carboxylic acids is 2. The highest BCUT2D eigenvalue weighted by Gasteiger charge is 2.26. The van der Waals surface area contributed by atoms with E-state index in [-0.39, 0.29) is 17.9 Å². The fourth-order valence-corrected chi connectivity index (χ4v) is 3.69. The molecule has 0 aromatic heterocycles. The van der Waals surface area contributed by atoms with E-state index < -0.39 is 6.04 Å². The molecule has 0 aliphatic heterocycles. The van der Waals surface area contributed by atoms with Crippen LogP contribution < -0.4 is 10.1 Å². The lowest BCUT2D eigenvalue weighted by Gasteiger charge is -2.29. The molecule has 1 N–H and O–H groups in total. The summed E-state index contributed by atoms with van der Waals surface area (Å²) in [5.74, 6) is 1.25. The number of nitrogens with zero attached hydrogens (tertiary/aromatic N) is 1. The SMILES string of the molecule is COc1ccc(CN(C(=O)CCSc2ccccc2)[C@H](C)C(=O)NC(C)C)cc1. The first-order valence-electron chi connectivity index (χ1n) is 9.81. The fourth-order valence-electron chi connectivity index (χ4n) is 2.83. The summed E-state index contributed by atoms with van der Waals surface area (Å²) in [5.41, 5.74) is 0.957. The summed E-state index contributed by atoms with van der Waals surface area (Å²) in [6.07, 6.45) is 0.370. The van der Waals surface area contributed by atoms with Crippen molar-refractivity contribution < 1.29 is 14.3 Å². The number of carbonyl (C=O) groups is 2. The maximum atomic E-state index is 13.0. The Balaban J connectivity index is 2.06. The quantitative estimate of drug-likeness (QED) is 0.594. The van der Waals surface area contributed by atoms with E-state index in [0.717, 1.165) is 16.2 Å². The minimum absolute atomic E-state index is 0.0246. The summed E-state index contributed by atoms with van der Waals surface area (Å²) >= 11 is 1.64. The highest BCUT2D eigenvalue weighted by molar-refractivity contribution is 7.99. The number of nitrogens with one attached hydrogen (secondary N) is 1. The number of amides is 2. The van der Waals surface area contributed by atoms with Gasteiger partial charge in [-0.2, -0.15) is 0 Å². The van der Waals surface area contributed by atoms with E-state index >= 15 is 0 Å². The minimum Gasteiger partial charge on any atom is -0.497 e. The second-order valence-electron chi connectivity index (χ2n) is 7.12. The van der Waals surface area contributed by atoms with E-state index in [2.05, 4.69) is 5.32 Å². The molecule has 0 saturated heterocycles. The Bertz CT molecular complexity index is 778. The standard InChI is InChI=1S/C23H30N2O3S/c1-17(2)24-23(27)18(3)25(16-19-10-12-20(28-4)13-11-19)22(26)14-15-29-21-8-6-5-7-9-21/h5-13,17-18H,14-16H2,1-4H3,(H,24,27)/t18-/m1/s1. The van der Waals surface area contributed by atoms with E-state index in [0.29, 0.717) is 18.7 Å². The molecule has 0 spiro atoms. The van der Waals surface area contributed by atoms with Gasteiger partial charge >= 0.3 is 0 Å². The molecule has 0 fully saturated rings. The van der Waals surface area contributed by atoms with Crippen LogP contribution in [0.2, 0.25) is 0 Å². The molecule has 6 heteroatoms. The molecule has 0 unspecified atom stereocenters. The Morgan fingerprint density at radius 3 is 2.28 bits per heavy atom. The first kappa shape index (κ1) is 22.8. The van der Waals surface area contributed by atoms with E-state index in [1.54, 1.807) is 30.7 Å². The zero-order chi connectivity index (χ0) is 21.2. The van der Waals surface area contributed by atoms with E-state index in [1.165, 1.54) is 0 Å². The third kappa shape index (κ3) is 7.46. The average Bonchev–Trinajstić information content (AvgIpc) is 2.72. The zero-order valence-electron chi connectivity index (χ0n) is 17.6. The first-order chi connectivity index (χ1) is 13.9. The lowest BCUT2D eigenvalue weighted by molar-refractivity contribution is -0.140. The average molecular weight is 415 g/mol. The van der Waals surface area contributed by atoms with Crippen molar-refractivity contribution in [1.82, 2.24) is 10.2 Å². The molecule has 0 heterocycles. The lowest BCUT2D eigenvalue weighted by Crippen LogP contribution is -2.49. The van der Waals surface area contributed by atoms with Crippen molar-refractivity contribution in [2.75, 3.05) is 12.9 Å². The molecule has 0 radical (unpaired) electrons. The summed E-state index contributed by atoms with van der Waals surface area (Å²) in [4.78, 5) is 28.3. The number of methoxy groups -OCH3 is 1. The molecule has 29 heavy (non-hydrogen) atoms. The van der Waals surface area contributed by atoms with Crippen LogP contribution in [-0.2, 0) is 16.1 Å². The van der Waals surface area contributed by atoms with Crippen molar-refractivity contribution >= 4 is 23.6 Å². The van der Waals surface area contributed by atoms with E-state index in [4.69, 9.17) is 4.74 Å². The van der Waals surface area contributed by atoms with Crippen molar-refractivity contribution in [2.24, 2.45) is 0 Å². The topological polar surface area (TPSA) is 58.6 Å². The van der Waals surface area contributed by atoms with Crippen LogP contribution in [-0.4, -0.2) is 41.7 Å². The maximum Gasteiger partial charge on any atom is 0.242 e. The van der Waals surface area contributed by atoms with Gasteiger partial charge in [0.25, 0.3) is 0 Å². The Morgan fingerprint density at radius 1 is 1.03 bits per heavy atom. The summed E-state index contributed by atoms with van der Waals surface area (Å²) in [6.45, 7) is 5.99. The third-order valence-electron chi connectivity index (χ3n) is 4.44. The summed E-state index contributed by atoms with van der Waals surface area (Å²) in [5, 5.41) is 2.91. The monoisotopic (exact) mass is 414 g/mol. The van der Waals surface area contributed by atoms with Gasteiger partial charge in [0.1, 0.15) is 11.8 Å². The van der Waals surface area contributed by atoms with Crippen LogP contribution in [0.3, 0.4) is 0 Å². The predicted molar refractivity (Wildman–Crippen MR) is 118 cm³/mol. The maximum absolute atomic E-state index is 13.0. The van der Waals surface area contributed by atoms with Gasteiger partial charge < -0.3 is 15.0 Å².